The molecule has 0 aliphatic carbocycles. The number of pyridine rings is 1. The van der Waals surface area contributed by atoms with Crippen molar-refractivity contribution in [1.29, 1.82) is 0 Å². The van der Waals surface area contributed by atoms with Gasteiger partial charge in [-0.25, -0.2) is 0 Å². The molecule has 2 rings (SSSR count). The molecular formula is C13H18BrClN2. The molecule has 0 spiro atoms. The Hall–Kier alpha value is -0.120. The molecule has 0 bridgehead atoms. The van der Waals surface area contributed by atoms with Crippen LogP contribution in [0.4, 0.5) is 0 Å². The Balaban J connectivity index is 1.92. The fraction of sp³-hybridized carbons (Fsp3) is 0.615. The van der Waals surface area contributed by atoms with Crippen LogP contribution in [0.15, 0.2) is 18.5 Å². The molecule has 0 radical (unpaired) electrons. The summed E-state index contributed by atoms with van der Waals surface area (Å²) in [6.07, 6.45) is 7.51. The number of likely N-dealkylation sites (tertiary alicyclic amines) is 1. The van der Waals surface area contributed by atoms with Crippen LogP contribution in [0.25, 0.3) is 0 Å². The molecule has 94 valence electrons. The SMILES string of the molecule is Clc1cnccc1CN1CCCC(CCBr)C1. The van der Waals surface area contributed by atoms with Crippen LogP contribution in [0.3, 0.4) is 0 Å². The molecule has 1 aromatic rings. The van der Waals surface area contributed by atoms with Crippen LogP contribution in [0.5, 0.6) is 0 Å². The average Bonchev–Trinajstić information content (AvgIpc) is 2.33. The van der Waals surface area contributed by atoms with Gasteiger partial charge in [0.2, 0.25) is 0 Å². The van der Waals surface area contributed by atoms with Gasteiger partial charge in [0.1, 0.15) is 0 Å². The van der Waals surface area contributed by atoms with Crippen molar-refractivity contribution < 1.29 is 0 Å². The van der Waals surface area contributed by atoms with Crippen molar-refractivity contribution in [1.82, 2.24) is 9.88 Å². The minimum absolute atomic E-state index is 0.787. The molecule has 1 unspecified atom stereocenters. The van der Waals surface area contributed by atoms with Crippen molar-refractivity contribution in [2.24, 2.45) is 5.92 Å². The standard InChI is InChI=1S/C13H18BrClN2/c14-5-3-11-2-1-7-17(9-11)10-12-4-6-16-8-13(12)15/h4,6,8,11H,1-3,5,7,9-10H2. The number of rotatable bonds is 4. The second kappa shape index (κ2) is 6.72. The quantitative estimate of drug-likeness (QED) is 0.787. The molecule has 17 heavy (non-hydrogen) atoms. The molecule has 2 heterocycles. The van der Waals surface area contributed by atoms with E-state index < -0.39 is 0 Å². The van der Waals surface area contributed by atoms with Gasteiger partial charge in [0.15, 0.2) is 0 Å². The van der Waals surface area contributed by atoms with Gasteiger partial charge in [-0.2, -0.15) is 0 Å². The molecule has 2 nitrogen and oxygen atoms in total. The third kappa shape index (κ3) is 3.94. The molecule has 1 aliphatic heterocycles. The van der Waals surface area contributed by atoms with E-state index in [1.54, 1.807) is 6.20 Å². The first-order chi connectivity index (χ1) is 8.29. The highest BCUT2D eigenvalue weighted by molar-refractivity contribution is 9.09. The lowest BCUT2D eigenvalue weighted by atomic mass is 9.95. The van der Waals surface area contributed by atoms with E-state index in [0.29, 0.717) is 0 Å². The maximum atomic E-state index is 6.14. The van der Waals surface area contributed by atoms with E-state index in [2.05, 4.69) is 25.8 Å². The lowest BCUT2D eigenvalue weighted by molar-refractivity contribution is 0.165. The minimum atomic E-state index is 0.787. The zero-order valence-electron chi connectivity index (χ0n) is 9.91. The summed E-state index contributed by atoms with van der Waals surface area (Å²) in [5.74, 6) is 0.837. The number of alkyl halides is 1. The number of halogens is 2. The smallest absolute Gasteiger partial charge is 0.0634 e. The number of nitrogens with zero attached hydrogens (tertiary/aromatic N) is 2. The fourth-order valence-corrected chi connectivity index (χ4v) is 3.28. The number of hydrogen-bond acceptors (Lipinski definition) is 2. The number of aromatic nitrogens is 1. The van der Waals surface area contributed by atoms with Crippen molar-refractivity contribution in [2.45, 2.75) is 25.8 Å². The first-order valence-corrected chi connectivity index (χ1v) is 7.66. The van der Waals surface area contributed by atoms with Crippen LogP contribution >= 0.6 is 27.5 Å². The van der Waals surface area contributed by atoms with Gasteiger partial charge >= 0.3 is 0 Å². The Bertz CT molecular complexity index is 357. The summed E-state index contributed by atoms with van der Waals surface area (Å²) in [7, 11) is 0. The highest BCUT2D eigenvalue weighted by atomic mass is 79.9. The number of piperidine rings is 1. The summed E-state index contributed by atoms with van der Waals surface area (Å²) < 4.78 is 0. The summed E-state index contributed by atoms with van der Waals surface area (Å²) in [5, 5.41) is 1.90. The third-order valence-electron chi connectivity index (χ3n) is 3.37. The van der Waals surface area contributed by atoms with Gasteiger partial charge in [-0.3, -0.25) is 9.88 Å². The molecule has 1 aliphatic rings. The van der Waals surface area contributed by atoms with E-state index in [9.17, 15) is 0 Å². The Morgan fingerprint density at radius 3 is 3.18 bits per heavy atom. The molecule has 4 heteroatoms. The maximum absolute atomic E-state index is 6.14. The topological polar surface area (TPSA) is 16.1 Å². The lowest BCUT2D eigenvalue weighted by Gasteiger charge is -2.32. The van der Waals surface area contributed by atoms with E-state index in [4.69, 9.17) is 11.6 Å². The molecule has 1 saturated heterocycles. The molecule has 0 N–H and O–H groups in total. The molecule has 0 aromatic carbocycles. The predicted octanol–water partition coefficient (Wildman–Crippen LogP) is 3.73. The second-order valence-electron chi connectivity index (χ2n) is 4.69. The van der Waals surface area contributed by atoms with Gasteiger partial charge in [0, 0.05) is 30.8 Å². The van der Waals surface area contributed by atoms with Gasteiger partial charge < -0.3 is 0 Å². The minimum Gasteiger partial charge on any atom is -0.299 e. The second-order valence-corrected chi connectivity index (χ2v) is 5.89. The van der Waals surface area contributed by atoms with Gasteiger partial charge in [-0.1, -0.05) is 27.5 Å². The Morgan fingerprint density at radius 1 is 1.53 bits per heavy atom. The van der Waals surface area contributed by atoms with Crippen molar-refractivity contribution >= 4 is 27.5 Å². The van der Waals surface area contributed by atoms with Crippen LogP contribution in [0.1, 0.15) is 24.8 Å². The Morgan fingerprint density at radius 2 is 2.41 bits per heavy atom. The summed E-state index contributed by atoms with van der Waals surface area (Å²) in [6.45, 7) is 3.35. The van der Waals surface area contributed by atoms with Gasteiger partial charge in [-0.15, -0.1) is 0 Å². The summed E-state index contributed by atoms with van der Waals surface area (Å²) >= 11 is 9.68. The molecule has 1 atom stereocenters. The third-order valence-corrected chi connectivity index (χ3v) is 4.17. The van der Waals surface area contributed by atoms with Gasteiger partial charge in [-0.05, 0) is 43.4 Å². The number of hydrogen-bond donors (Lipinski definition) is 0. The van der Waals surface area contributed by atoms with E-state index in [0.717, 1.165) is 22.8 Å². The highest BCUT2D eigenvalue weighted by Crippen LogP contribution is 2.23. The van der Waals surface area contributed by atoms with E-state index in [-0.39, 0.29) is 0 Å². The summed E-state index contributed by atoms with van der Waals surface area (Å²) in [6, 6.07) is 2.02. The van der Waals surface area contributed by atoms with Crippen LogP contribution in [0, 0.1) is 5.92 Å². The normalized spacial score (nSPS) is 21.6. The summed E-state index contributed by atoms with van der Waals surface area (Å²) in [4.78, 5) is 6.54. The van der Waals surface area contributed by atoms with Crippen molar-refractivity contribution in [2.75, 3.05) is 18.4 Å². The van der Waals surface area contributed by atoms with Gasteiger partial charge in [0.05, 0.1) is 5.02 Å². The van der Waals surface area contributed by atoms with Crippen molar-refractivity contribution in [3.63, 3.8) is 0 Å². The summed E-state index contributed by atoms with van der Waals surface area (Å²) in [5.41, 5.74) is 1.20. The molecule has 1 fully saturated rings. The monoisotopic (exact) mass is 316 g/mol. The largest absolute Gasteiger partial charge is 0.299 e. The molecule has 0 saturated carbocycles. The van der Waals surface area contributed by atoms with Crippen LogP contribution in [0.2, 0.25) is 5.02 Å². The lowest BCUT2D eigenvalue weighted by Crippen LogP contribution is -2.35. The maximum Gasteiger partial charge on any atom is 0.0634 e. The van der Waals surface area contributed by atoms with Gasteiger partial charge in [0.25, 0.3) is 0 Å². The van der Waals surface area contributed by atoms with E-state index in [1.807, 2.05) is 12.3 Å². The van der Waals surface area contributed by atoms with E-state index >= 15 is 0 Å². The zero-order valence-corrected chi connectivity index (χ0v) is 12.3. The van der Waals surface area contributed by atoms with Crippen molar-refractivity contribution in [3.8, 4) is 0 Å². The van der Waals surface area contributed by atoms with Crippen LogP contribution < -0.4 is 0 Å². The first-order valence-electron chi connectivity index (χ1n) is 6.16. The van der Waals surface area contributed by atoms with Crippen LogP contribution in [-0.2, 0) is 6.54 Å². The first kappa shape index (κ1) is 13.3. The predicted molar refractivity (Wildman–Crippen MR) is 75.7 cm³/mol. The van der Waals surface area contributed by atoms with Crippen LogP contribution in [-0.4, -0.2) is 28.3 Å². The van der Waals surface area contributed by atoms with Crippen molar-refractivity contribution in [3.05, 3.63) is 29.0 Å². The Labute approximate surface area is 116 Å². The average molecular weight is 318 g/mol. The Kier molecular flexibility index (Phi) is 5.26. The molecular weight excluding hydrogens is 300 g/mol. The fourth-order valence-electron chi connectivity index (χ4n) is 2.46. The molecule has 1 aromatic heterocycles. The highest BCUT2D eigenvalue weighted by Gasteiger charge is 2.19. The molecule has 0 amide bonds. The van der Waals surface area contributed by atoms with E-state index in [1.165, 1.54) is 37.9 Å². The zero-order chi connectivity index (χ0) is 12.1.